The number of aliphatic carboxylic acids is 1. The molecule has 0 amide bonds. The van der Waals surface area contributed by atoms with Gasteiger partial charge in [-0.15, -0.1) is 0 Å². The van der Waals surface area contributed by atoms with Gasteiger partial charge < -0.3 is 15.3 Å². The molecular weight excluding hydrogens is 340 g/mol. The molecule has 0 aromatic rings. The zero-order valence-corrected chi connectivity index (χ0v) is 17.5. The van der Waals surface area contributed by atoms with Crippen LogP contribution in [-0.4, -0.2) is 33.5 Å². The van der Waals surface area contributed by atoms with Gasteiger partial charge in [0.15, 0.2) is 0 Å². The molecule has 4 heteroatoms. The summed E-state index contributed by atoms with van der Waals surface area (Å²) in [6.45, 7) is 6.48. The summed E-state index contributed by atoms with van der Waals surface area (Å²) in [6, 6.07) is 0. The van der Waals surface area contributed by atoms with Crippen molar-refractivity contribution in [3.05, 3.63) is 23.3 Å². The van der Waals surface area contributed by atoms with Crippen LogP contribution in [0, 0.1) is 11.8 Å². The molecular formula is C23H40O4. The summed E-state index contributed by atoms with van der Waals surface area (Å²) in [5.41, 5.74) is 2.58. The number of rotatable bonds is 14. The molecule has 0 saturated heterocycles. The van der Waals surface area contributed by atoms with Gasteiger partial charge in [-0.05, 0) is 44.9 Å². The quantitative estimate of drug-likeness (QED) is 0.284. The molecule has 0 fully saturated rings. The molecule has 0 aromatic heterocycles. The SMILES string of the molecule is CCCC[C@@H](C)C[C@H](O)/C=C/[C@@H]1C(CCCCCCC(=O)O)=C(C)C[C@H]1O. The van der Waals surface area contributed by atoms with Gasteiger partial charge in [-0.3, -0.25) is 4.79 Å². The highest BCUT2D eigenvalue weighted by Crippen LogP contribution is 2.36. The van der Waals surface area contributed by atoms with Crippen LogP contribution in [0.5, 0.6) is 0 Å². The summed E-state index contributed by atoms with van der Waals surface area (Å²) in [5, 5.41) is 29.4. The molecule has 0 aromatic carbocycles. The maximum Gasteiger partial charge on any atom is 0.303 e. The van der Waals surface area contributed by atoms with Gasteiger partial charge in [0.25, 0.3) is 0 Å². The Morgan fingerprint density at radius 3 is 2.59 bits per heavy atom. The van der Waals surface area contributed by atoms with Crippen LogP contribution in [0.2, 0.25) is 0 Å². The van der Waals surface area contributed by atoms with E-state index in [1.54, 1.807) is 0 Å². The molecule has 0 spiro atoms. The summed E-state index contributed by atoms with van der Waals surface area (Å²) < 4.78 is 0. The third-order valence-corrected chi connectivity index (χ3v) is 5.70. The first kappa shape index (κ1) is 23.9. The fourth-order valence-electron chi connectivity index (χ4n) is 4.07. The fraction of sp³-hybridized carbons (Fsp3) is 0.783. The Morgan fingerprint density at radius 1 is 1.22 bits per heavy atom. The van der Waals surface area contributed by atoms with Crippen molar-refractivity contribution < 1.29 is 20.1 Å². The van der Waals surface area contributed by atoms with E-state index < -0.39 is 12.1 Å². The van der Waals surface area contributed by atoms with Crippen molar-refractivity contribution >= 4 is 5.97 Å². The highest BCUT2D eigenvalue weighted by atomic mass is 16.4. The average molecular weight is 381 g/mol. The Balaban J connectivity index is 2.45. The Kier molecular flexibility index (Phi) is 11.6. The molecule has 0 bridgehead atoms. The van der Waals surface area contributed by atoms with Crippen molar-refractivity contribution in [1.29, 1.82) is 0 Å². The third-order valence-electron chi connectivity index (χ3n) is 5.70. The van der Waals surface area contributed by atoms with Crippen LogP contribution in [0.1, 0.15) is 91.4 Å². The monoisotopic (exact) mass is 380 g/mol. The Labute approximate surface area is 165 Å². The number of hydrogen-bond acceptors (Lipinski definition) is 3. The standard InChI is InChI=1S/C23H40O4/c1-4-5-10-17(2)15-19(24)13-14-21-20(18(3)16-22(21)25)11-8-6-7-9-12-23(26)27/h13-14,17,19,21-22,24-25H,4-12,15-16H2,1-3H3,(H,26,27)/b14-13+/t17-,19-,21-,22-/m1/s1. The first-order chi connectivity index (χ1) is 12.8. The average Bonchev–Trinajstić information content (AvgIpc) is 2.87. The second-order valence-electron chi connectivity index (χ2n) is 8.35. The predicted molar refractivity (Wildman–Crippen MR) is 111 cm³/mol. The molecule has 0 radical (unpaired) electrons. The van der Waals surface area contributed by atoms with E-state index in [0.29, 0.717) is 12.3 Å². The molecule has 0 aliphatic heterocycles. The second-order valence-corrected chi connectivity index (χ2v) is 8.35. The second kappa shape index (κ2) is 13.1. The fourth-order valence-corrected chi connectivity index (χ4v) is 4.07. The first-order valence-corrected chi connectivity index (χ1v) is 10.8. The number of carboxylic acids is 1. The highest BCUT2D eigenvalue weighted by molar-refractivity contribution is 5.66. The molecule has 0 unspecified atom stereocenters. The first-order valence-electron chi connectivity index (χ1n) is 10.8. The largest absolute Gasteiger partial charge is 0.481 e. The van der Waals surface area contributed by atoms with Crippen LogP contribution in [0.3, 0.4) is 0 Å². The van der Waals surface area contributed by atoms with Gasteiger partial charge in [0.05, 0.1) is 12.2 Å². The lowest BCUT2D eigenvalue weighted by molar-refractivity contribution is -0.137. The lowest BCUT2D eigenvalue weighted by Gasteiger charge is -2.17. The van der Waals surface area contributed by atoms with Crippen LogP contribution in [0.15, 0.2) is 23.3 Å². The summed E-state index contributed by atoms with van der Waals surface area (Å²) in [4.78, 5) is 10.5. The number of unbranched alkanes of at least 4 members (excludes halogenated alkanes) is 4. The number of aliphatic hydroxyl groups is 2. The molecule has 1 aliphatic carbocycles. The molecule has 3 N–H and O–H groups in total. The van der Waals surface area contributed by atoms with Crippen molar-refractivity contribution in [2.45, 2.75) is 104 Å². The van der Waals surface area contributed by atoms with Crippen molar-refractivity contribution in [2.24, 2.45) is 11.8 Å². The van der Waals surface area contributed by atoms with Crippen LogP contribution in [-0.2, 0) is 4.79 Å². The minimum Gasteiger partial charge on any atom is -0.481 e. The van der Waals surface area contributed by atoms with E-state index in [2.05, 4.69) is 20.8 Å². The summed E-state index contributed by atoms with van der Waals surface area (Å²) in [6.07, 6.45) is 13.0. The van der Waals surface area contributed by atoms with Gasteiger partial charge in [0.1, 0.15) is 0 Å². The van der Waals surface area contributed by atoms with E-state index in [-0.39, 0.29) is 18.4 Å². The van der Waals surface area contributed by atoms with Gasteiger partial charge in [0, 0.05) is 12.3 Å². The lowest BCUT2D eigenvalue weighted by Crippen LogP contribution is -2.16. The number of aliphatic hydroxyl groups excluding tert-OH is 2. The van der Waals surface area contributed by atoms with Gasteiger partial charge in [-0.1, -0.05) is 69.2 Å². The number of carbonyl (C=O) groups is 1. The topological polar surface area (TPSA) is 77.8 Å². The molecule has 156 valence electrons. The van der Waals surface area contributed by atoms with Gasteiger partial charge >= 0.3 is 5.97 Å². The van der Waals surface area contributed by atoms with Crippen LogP contribution >= 0.6 is 0 Å². The van der Waals surface area contributed by atoms with E-state index in [1.807, 2.05) is 12.2 Å². The zero-order chi connectivity index (χ0) is 20.2. The Hall–Kier alpha value is -1.13. The van der Waals surface area contributed by atoms with Crippen LogP contribution in [0.4, 0.5) is 0 Å². The van der Waals surface area contributed by atoms with Crippen molar-refractivity contribution in [3.8, 4) is 0 Å². The van der Waals surface area contributed by atoms with E-state index >= 15 is 0 Å². The smallest absolute Gasteiger partial charge is 0.303 e. The van der Waals surface area contributed by atoms with Crippen LogP contribution < -0.4 is 0 Å². The van der Waals surface area contributed by atoms with E-state index in [0.717, 1.165) is 44.9 Å². The normalized spacial score (nSPS) is 22.6. The van der Waals surface area contributed by atoms with E-state index in [4.69, 9.17) is 5.11 Å². The predicted octanol–water partition coefficient (Wildman–Crippen LogP) is 5.24. The van der Waals surface area contributed by atoms with E-state index in [9.17, 15) is 15.0 Å². The van der Waals surface area contributed by atoms with Gasteiger partial charge in [-0.25, -0.2) is 0 Å². The maximum absolute atomic E-state index is 10.5. The van der Waals surface area contributed by atoms with Crippen molar-refractivity contribution in [1.82, 2.24) is 0 Å². The van der Waals surface area contributed by atoms with Gasteiger partial charge in [0.2, 0.25) is 0 Å². The molecule has 0 saturated carbocycles. The number of hydrogen-bond donors (Lipinski definition) is 3. The molecule has 4 atom stereocenters. The zero-order valence-electron chi connectivity index (χ0n) is 17.5. The minimum atomic E-state index is -0.722. The molecule has 0 heterocycles. The molecule has 1 rings (SSSR count). The summed E-state index contributed by atoms with van der Waals surface area (Å²) in [7, 11) is 0. The van der Waals surface area contributed by atoms with Crippen molar-refractivity contribution in [2.75, 3.05) is 0 Å². The maximum atomic E-state index is 10.5. The Morgan fingerprint density at radius 2 is 1.93 bits per heavy atom. The number of carboxylic acid groups (broad SMARTS) is 1. The van der Waals surface area contributed by atoms with E-state index in [1.165, 1.54) is 24.0 Å². The highest BCUT2D eigenvalue weighted by Gasteiger charge is 2.29. The molecule has 27 heavy (non-hydrogen) atoms. The third kappa shape index (κ3) is 9.57. The molecule has 4 nitrogen and oxygen atoms in total. The van der Waals surface area contributed by atoms with Crippen LogP contribution in [0.25, 0.3) is 0 Å². The minimum absolute atomic E-state index is 0.0182. The molecule has 1 aliphatic rings. The summed E-state index contributed by atoms with van der Waals surface area (Å²) >= 11 is 0. The lowest BCUT2D eigenvalue weighted by atomic mass is 9.92. The van der Waals surface area contributed by atoms with Gasteiger partial charge in [-0.2, -0.15) is 0 Å². The van der Waals surface area contributed by atoms with Crippen molar-refractivity contribution in [3.63, 3.8) is 0 Å². The summed E-state index contributed by atoms with van der Waals surface area (Å²) in [5.74, 6) is -0.189. The Bertz CT molecular complexity index is 495.